The van der Waals surface area contributed by atoms with Crippen LogP contribution < -0.4 is 4.57 Å². The quantitative estimate of drug-likeness (QED) is 0.0330. The van der Waals surface area contributed by atoms with E-state index in [1.807, 2.05) is 0 Å². The van der Waals surface area contributed by atoms with Crippen molar-refractivity contribution < 1.29 is 9.36 Å². The number of Topliss-reactive ketones (excluding diaryl/α,β-unsaturated/α-hetero) is 1. The third-order valence-corrected chi connectivity index (χ3v) is 9.96. The molecule has 0 aliphatic carbocycles. The largest absolute Gasteiger partial charge is 0.294 e. The van der Waals surface area contributed by atoms with Gasteiger partial charge in [0.1, 0.15) is 7.05 Å². The molecule has 0 aliphatic rings. The average molecular weight is 625 g/mol. The van der Waals surface area contributed by atoms with Gasteiger partial charge in [0.25, 0.3) is 0 Å². The van der Waals surface area contributed by atoms with Crippen LogP contribution in [0.1, 0.15) is 228 Å². The van der Waals surface area contributed by atoms with Crippen LogP contribution in [0.25, 0.3) is 0 Å². The standard InChI is InChI=1S/C43H78NO/c1-5-7-9-11-13-15-17-19-21-23-24-26-28-30-32-34-36-41-38-39-44(4)40(3)43(41)42(45)37-35-33-31-29-27-25-22-20-18-16-14-12-10-8-6-2/h20,22,38-39H,5-19,21,23-37H2,1-4H3/q+1/b22-20-. The Labute approximate surface area is 282 Å². The van der Waals surface area contributed by atoms with Crippen LogP contribution in [0, 0.1) is 6.92 Å². The summed E-state index contributed by atoms with van der Waals surface area (Å²) in [6, 6.07) is 2.21. The van der Waals surface area contributed by atoms with E-state index in [1.54, 1.807) is 0 Å². The number of rotatable bonds is 33. The molecule has 260 valence electrons. The van der Waals surface area contributed by atoms with E-state index in [1.165, 1.54) is 185 Å². The number of unbranched alkanes of at least 4 members (excludes halogenated alkanes) is 26. The van der Waals surface area contributed by atoms with Crippen molar-refractivity contribution in [2.24, 2.45) is 7.05 Å². The van der Waals surface area contributed by atoms with Crippen molar-refractivity contribution in [2.45, 2.75) is 220 Å². The van der Waals surface area contributed by atoms with Gasteiger partial charge < -0.3 is 0 Å². The lowest BCUT2D eigenvalue weighted by Crippen LogP contribution is -2.34. The SMILES string of the molecule is CCCCCCCC/C=C\CCCCCCCC(=O)c1c(CCCCCCCCCCCCCCCCCC)cc[n+](C)c1C. The fourth-order valence-corrected chi connectivity index (χ4v) is 6.74. The zero-order chi connectivity index (χ0) is 32.6. The summed E-state index contributed by atoms with van der Waals surface area (Å²) in [5.74, 6) is 0.368. The van der Waals surface area contributed by atoms with Gasteiger partial charge in [-0.1, -0.05) is 174 Å². The molecule has 1 aromatic rings. The predicted octanol–water partition coefficient (Wildman–Crippen LogP) is 13.8. The fourth-order valence-electron chi connectivity index (χ4n) is 6.74. The number of carbonyl (C=O) groups excluding carboxylic acids is 1. The number of nitrogens with zero attached hydrogens (tertiary/aromatic N) is 1. The highest BCUT2D eigenvalue weighted by atomic mass is 16.1. The maximum Gasteiger partial charge on any atom is 0.189 e. The van der Waals surface area contributed by atoms with Gasteiger partial charge in [0.05, 0.1) is 5.56 Å². The number of allylic oxidation sites excluding steroid dienone is 2. The molecule has 0 amide bonds. The molecule has 0 saturated carbocycles. The molecule has 1 aromatic heterocycles. The topological polar surface area (TPSA) is 20.9 Å². The number of aromatic nitrogens is 1. The summed E-state index contributed by atoms with van der Waals surface area (Å²) in [5.41, 5.74) is 3.45. The smallest absolute Gasteiger partial charge is 0.189 e. The highest BCUT2D eigenvalue weighted by molar-refractivity contribution is 5.98. The van der Waals surface area contributed by atoms with E-state index in [9.17, 15) is 4.79 Å². The number of carbonyl (C=O) groups is 1. The van der Waals surface area contributed by atoms with E-state index in [0.29, 0.717) is 12.2 Å². The third-order valence-electron chi connectivity index (χ3n) is 9.96. The molecule has 0 aromatic carbocycles. The molecule has 0 spiro atoms. The molecule has 2 nitrogen and oxygen atoms in total. The molecular formula is C43H78NO+. The maximum absolute atomic E-state index is 13.3. The molecule has 1 heterocycles. The molecule has 0 atom stereocenters. The first-order chi connectivity index (χ1) is 22.1. The van der Waals surface area contributed by atoms with E-state index in [2.05, 4.69) is 56.8 Å². The van der Waals surface area contributed by atoms with Gasteiger partial charge in [-0.3, -0.25) is 4.79 Å². The average Bonchev–Trinajstić information content (AvgIpc) is 3.04. The van der Waals surface area contributed by atoms with Crippen LogP contribution in [0.5, 0.6) is 0 Å². The Morgan fingerprint density at radius 2 is 0.933 bits per heavy atom. The molecule has 0 fully saturated rings. The van der Waals surface area contributed by atoms with Gasteiger partial charge in [0, 0.05) is 19.4 Å². The Kier molecular flexibility index (Phi) is 28.8. The monoisotopic (exact) mass is 625 g/mol. The summed E-state index contributed by atoms with van der Waals surface area (Å²) < 4.78 is 2.13. The van der Waals surface area contributed by atoms with Crippen molar-refractivity contribution >= 4 is 5.78 Å². The molecule has 1 rings (SSSR count). The van der Waals surface area contributed by atoms with Crippen molar-refractivity contribution in [3.8, 4) is 0 Å². The Bertz CT molecular complexity index is 840. The molecule has 0 unspecified atom stereocenters. The minimum Gasteiger partial charge on any atom is -0.294 e. The lowest BCUT2D eigenvalue weighted by molar-refractivity contribution is -0.677. The molecule has 0 radical (unpaired) electrons. The molecule has 0 N–H and O–H groups in total. The van der Waals surface area contributed by atoms with Crippen LogP contribution in [0.2, 0.25) is 0 Å². The Hall–Kier alpha value is -1.44. The molecule has 0 bridgehead atoms. The van der Waals surface area contributed by atoms with Gasteiger partial charge in [-0.05, 0) is 50.5 Å². The van der Waals surface area contributed by atoms with E-state index >= 15 is 0 Å². The van der Waals surface area contributed by atoms with Crippen molar-refractivity contribution in [1.82, 2.24) is 0 Å². The second-order valence-electron chi connectivity index (χ2n) is 14.2. The summed E-state index contributed by atoms with van der Waals surface area (Å²) in [5, 5.41) is 0. The van der Waals surface area contributed by atoms with E-state index < -0.39 is 0 Å². The van der Waals surface area contributed by atoms with Crippen LogP contribution in [0.15, 0.2) is 24.4 Å². The number of hydrogen-bond donors (Lipinski definition) is 0. The lowest BCUT2D eigenvalue weighted by Gasteiger charge is -2.10. The highest BCUT2D eigenvalue weighted by Gasteiger charge is 2.20. The fraction of sp³-hybridized carbons (Fsp3) is 0.814. The minimum absolute atomic E-state index is 0.368. The van der Waals surface area contributed by atoms with Crippen LogP contribution >= 0.6 is 0 Å². The van der Waals surface area contributed by atoms with Crippen LogP contribution in [-0.2, 0) is 13.5 Å². The second kappa shape index (κ2) is 31.2. The first-order valence-electron chi connectivity index (χ1n) is 20.3. The summed E-state index contributed by atoms with van der Waals surface area (Å²) in [6.07, 6.45) is 47.9. The zero-order valence-corrected chi connectivity index (χ0v) is 31.1. The normalized spacial score (nSPS) is 11.6. The summed E-state index contributed by atoms with van der Waals surface area (Å²) in [7, 11) is 2.08. The van der Waals surface area contributed by atoms with Gasteiger partial charge in [-0.25, -0.2) is 4.57 Å². The Morgan fingerprint density at radius 1 is 0.556 bits per heavy atom. The Balaban J connectivity index is 2.12. The highest BCUT2D eigenvalue weighted by Crippen LogP contribution is 2.20. The Morgan fingerprint density at radius 3 is 1.38 bits per heavy atom. The molecule has 45 heavy (non-hydrogen) atoms. The van der Waals surface area contributed by atoms with Crippen molar-refractivity contribution in [3.05, 3.63) is 41.2 Å². The van der Waals surface area contributed by atoms with E-state index in [0.717, 1.165) is 24.1 Å². The number of ketones is 1. The van der Waals surface area contributed by atoms with Crippen molar-refractivity contribution in [3.63, 3.8) is 0 Å². The van der Waals surface area contributed by atoms with Gasteiger partial charge >= 0.3 is 0 Å². The maximum atomic E-state index is 13.3. The van der Waals surface area contributed by atoms with Gasteiger partial charge in [-0.2, -0.15) is 0 Å². The second-order valence-corrected chi connectivity index (χ2v) is 14.2. The summed E-state index contributed by atoms with van der Waals surface area (Å²) in [4.78, 5) is 13.3. The van der Waals surface area contributed by atoms with E-state index in [-0.39, 0.29) is 0 Å². The van der Waals surface area contributed by atoms with Crippen LogP contribution in [0.3, 0.4) is 0 Å². The molecular weight excluding hydrogens is 546 g/mol. The van der Waals surface area contributed by atoms with Crippen LogP contribution in [-0.4, -0.2) is 5.78 Å². The predicted molar refractivity (Wildman–Crippen MR) is 199 cm³/mol. The van der Waals surface area contributed by atoms with Gasteiger partial charge in [0.15, 0.2) is 17.7 Å². The van der Waals surface area contributed by atoms with E-state index in [4.69, 9.17) is 0 Å². The number of aryl methyl sites for hydroxylation is 2. The first-order valence-corrected chi connectivity index (χ1v) is 20.3. The first kappa shape index (κ1) is 41.6. The third kappa shape index (κ3) is 23.5. The van der Waals surface area contributed by atoms with Gasteiger partial charge in [-0.15, -0.1) is 0 Å². The van der Waals surface area contributed by atoms with Gasteiger partial charge in [0.2, 0.25) is 0 Å². The molecule has 0 aliphatic heterocycles. The summed E-state index contributed by atoms with van der Waals surface area (Å²) >= 11 is 0. The van der Waals surface area contributed by atoms with Crippen molar-refractivity contribution in [1.29, 1.82) is 0 Å². The van der Waals surface area contributed by atoms with Crippen molar-refractivity contribution in [2.75, 3.05) is 0 Å². The summed E-state index contributed by atoms with van der Waals surface area (Å²) in [6.45, 7) is 6.71. The zero-order valence-electron chi connectivity index (χ0n) is 31.1. The molecule has 0 saturated heterocycles. The van der Waals surface area contributed by atoms with Crippen LogP contribution in [0.4, 0.5) is 0 Å². The number of hydrogen-bond acceptors (Lipinski definition) is 1. The lowest BCUT2D eigenvalue weighted by atomic mass is 9.94. The minimum atomic E-state index is 0.368. The number of pyridine rings is 1. The molecule has 2 heteroatoms.